The topological polar surface area (TPSA) is 70.7 Å². The Balaban J connectivity index is 1.57. The molecular formula is C17H23N3O3. The summed E-state index contributed by atoms with van der Waals surface area (Å²) >= 11 is 0. The van der Waals surface area contributed by atoms with E-state index in [1.165, 1.54) is 0 Å². The molecule has 1 aromatic carbocycles. The number of rotatable bonds is 4. The second-order valence-electron chi connectivity index (χ2n) is 6.20. The molecule has 0 radical (unpaired) electrons. The van der Waals surface area contributed by atoms with E-state index in [1.54, 1.807) is 4.90 Å². The number of amides is 2. The second kappa shape index (κ2) is 7.00. The molecule has 1 saturated heterocycles. The number of hydrogen-bond acceptors (Lipinski definition) is 4. The van der Waals surface area contributed by atoms with Crippen LogP contribution in [0.4, 0.5) is 5.69 Å². The first-order valence-corrected chi connectivity index (χ1v) is 8.17. The minimum absolute atomic E-state index is 0.0117. The second-order valence-corrected chi connectivity index (χ2v) is 6.20. The van der Waals surface area contributed by atoms with Crippen molar-refractivity contribution in [3.05, 3.63) is 24.3 Å². The van der Waals surface area contributed by atoms with Crippen molar-refractivity contribution < 1.29 is 14.3 Å². The molecule has 2 N–H and O–H groups in total. The average molecular weight is 317 g/mol. The normalized spacial score (nSPS) is 23.9. The van der Waals surface area contributed by atoms with Crippen molar-refractivity contribution in [2.75, 3.05) is 31.1 Å². The molecule has 2 amide bonds. The number of fused-ring (bicyclic) bond motifs is 1. The number of carbonyl (C=O) groups is 2. The maximum absolute atomic E-state index is 12.2. The number of para-hydroxylation sites is 2. The van der Waals surface area contributed by atoms with Gasteiger partial charge in [0.1, 0.15) is 5.75 Å². The van der Waals surface area contributed by atoms with Crippen molar-refractivity contribution in [3.8, 4) is 5.75 Å². The highest BCUT2D eigenvalue weighted by Gasteiger charge is 2.26. The van der Waals surface area contributed by atoms with Crippen LogP contribution in [0.1, 0.15) is 19.8 Å². The molecule has 6 nitrogen and oxygen atoms in total. The number of benzene rings is 1. The van der Waals surface area contributed by atoms with Crippen molar-refractivity contribution in [3.63, 3.8) is 0 Å². The zero-order valence-electron chi connectivity index (χ0n) is 13.4. The number of piperidine rings is 1. The molecule has 124 valence electrons. The van der Waals surface area contributed by atoms with Crippen molar-refractivity contribution in [2.24, 2.45) is 5.92 Å². The van der Waals surface area contributed by atoms with Crippen LogP contribution >= 0.6 is 0 Å². The number of anilines is 1. The van der Waals surface area contributed by atoms with Crippen molar-refractivity contribution >= 4 is 17.5 Å². The van der Waals surface area contributed by atoms with E-state index in [1.807, 2.05) is 24.3 Å². The quantitative estimate of drug-likeness (QED) is 0.866. The standard InChI is InChI=1S/C17H23N3O3/c1-12-6-8-18-10-13(12)19-16(21)7-9-20-14-4-2-3-5-15(14)23-11-17(20)22/h2-5,12-13,18H,6-11H2,1H3,(H,19,21). The summed E-state index contributed by atoms with van der Waals surface area (Å²) in [6.07, 6.45) is 1.36. The first-order valence-electron chi connectivity index (χ1n) is 8.17. The summed E-state index contributed by atoms with van der Waals surface area (Å²) in [5.74, 6) is 1.05. The van der Waals surface area contributed by atoms with E-state index in [2.05, 4.69) is 17.6 Å². The molecule has 1 aromatic rings. The zero-order valence-corrected chi connectivity index (χ0v) is 13.4. The fourth-order valence-corrected chi connectivity index (χ4v) is 3.07. The number of hydrogen-bond donors (Lipinski definition) is 2. The SMILES string of the molecule is CC1CCNCC1NC(=O)CCN1C(=O)COc2ccccc21. The van der Waals surface area contributed by atoms with Crippen molar-refractivity contribution in [1.29, 1.82) is 0 Å². The molecule has 0 bridgehead atoms. The molecule has 6 heteroatoms. The van der Waals surface area contributed by atoms with Crippen LogP contribution in [0, 0.1) is 5.92 Å². The number of ether oxygens (including phenoxy) is 1. The molecule has 0 aliphatic carbocycles. The van der Waals surface area contributed by atoms with Crippen LogP contribution in [0.25, 0.3) is 0 Å². The maximum Gasteiger partial charge on any atom is 0.265 e. The highest BCUT2D eigenvalue weighted by atomic mass is 16.5. The van der Waals surface area contributed by atoms with E-state index < -0.39 is 0 Å². The van der Waals surface area contributed by atoms with Gasteiger partial charge >= 0.3 is 0 Å². The Labute approximate surface area is 136 Å². The fourth-order valence-electron chi connectivity index (χ4n) is 3.07. The molecule has 2 atom stereocenters. The molecule has 0 spiro atoms. The van der Waals surface area contributed by atoms with Gasteiger partial charge in [-0.25, -0.2) is 0 Å². The van der Waals surface area contributed by atoms with Crippen LogP contribution < -0.4 is 20.3 Å². The highest BCUT2D eigenvalue weighted by molar-refractivity contribution is 5.98. The maximum atomic E-state index is 12.2. The van der Waals surface area contributed by atoms with E-state index in [4.69, 9.17) is 4.74 Å². The Hall–Kier alpha value is -2.08. The molecule has 0 saturated carbocycles. The summed E-state index contributed by atoms with van der Waals surface area (Å²) in [6.45, 7) is 4.38. The van der Waals surface area contributed by atoms with Gasteiger partial charge in [-0.3, -0.25) is 9.59 Å². The molecule has 2 heterocycles. The average Bonchev–Trinajstić information content (AvgIpc) is 2.56. The first-order chi connectivity index (χ1) is 11.1. The summed E-state index contributed by atoms with van der Waals surface area (Å²) < 4.78 is 5.41. The van der Waals surface area contributed by atoms with Gasteiger partial charge in [-0.05, 0) is 31.0 Å². The summed E-state index contributed by atoms with van der Waals surface area (Å²) in [4.78, 5) is 25.9. The molecule has 2 unspecified atom stereocenters. The highest BCUT2D eigenvalue weighted by Crippen LogP contribution is 2.31. The van der Waals surface area contributed by atoms with Crippen LogP contribution in [0.2, 0.25) is 0 Å². The van der Waals surface area contributed by atoms with Crippen LogP contribution in [0.3, 0.4) is 0 Å². The van der Waals surface area contributed by atoms with Crippen molar-refractivity contribution in [2.45, 2.75) is 25.8 Å². The third-order valence-electron chi connectivity index (χ3n) is 4.54. The number of nitrogens with one attached hydrogen (secondary N) is 2. The number of nitrogens with zero attached hydrogens (tertiary/aromatic N) is 1. The smallest absolute Gasteiger partial charge is 0.265 e. The molecular weight excluding hydrogens is 294 g/mol. The van der Waals surface area contributed by atoms with Gasteiger partial charge in [0.05, 0.1) is 5.69 Å². The lowest BCUT2D eigenvalue weighted by Crippen LogP contribution is -2.50. The van der Waals surface area contributed by atoms with E-state index in [0.717, 1.165) is 25.2 Å². The summed E-state index contributed by atoms with van der Waals surface area (Å²) in [5.41, 5.74) is 0.740. The van der Waals surface area contributed by atoms with Crippen LogP contribution in [-0.2, 0) is 9.59 Å². The van der Waals surface area contributed by atoms with Crippen LogP contribution in [0.5, 0.6) is 5.75 Å². The van der Waals surface area contributed by atoms with E-state index in [9.17, 15) is 9.59 Å². The monoisotopic (exact) mass is 317 g/mol. The van der Waals surface area contributed by atoms with Crippen molar-refractivity contribution in [1.82, 2.24) is 10.6 Å². The predicted molar refractivity (Wildman–Crippen MR) is 87.5 cm³/mol. The van der Waals surface area contributed by atoms with Gasteiger partial charge in [-0.2, -0.15) is 0 Å². The third-order valence-corrected chi connectivity index (χ3v) is 4.54. The predicted octanol–water partition coefficient (Wildman–Crippen LogP) is 0.916. The Morgan fingerprint density at radius 1 is 1.43 bits per heavy atom. The van der Waals surface area contributed by atoms with Gasteiger partial charge in [0.2, 0.25) is 5.91 Å². The lowest BCUT2D eigenvalue weighted by atomic mass is 9.95. The zero-order chi connectivity index (χ0) is 16.2. The van der Waals surface area contributed by atoms with Crippen LogP contribution in [-0.4, -0.2) is 44.1 Å². The first kappa shape index (κ1) is 15.8. The van der Waals surface area contributed by atoms with Gasteiger partial charge < -0.3 is 20.3 Å². The minimum atomic E-state index is -0.107. The third kappa shape index (κ3) is 3.64. The van der Waals surface area contributed by atoms with Crippen LogP contribution in [0.15, 0.2) is 24.3 Å². The van der Waals surface area contributed by atoms with Gasteiger partial charge in [0.15, 0.2) is 6.61 Å². The molecule has 2 aliphatic rings. The molecule has 2 aliphatic heterocycles. The Morgan fingerprint density at radius 3 is 3.09 bits per heavy atom. The van der Waals surface area contributed by atoms with E-state index in [-0.39, 0.29) is 24.5 Å². The summed E-state index contributed by atoms with van der Waals surface area (Å²) in [5, 5.41) is 6.38. The Morgan fingerprint density at radius 2 is 2.26 bits per heavy atom. The lowest BCUT2D eigenvalue weighted by Gasteiger charge is -2.31. The summed E-state index contributed by atoms with van der Waals surface area (Å²) in [6, 6.07) is 7.59. The molecule has 3 rings (SSSR count). The van der Waals surface area contributed by atoms with Gasteiger partial charge in [-0.1, -0.05) is 19.1 Å². The molecule has 1 fully saturated rings. The lowest BCUT2D eigenvalue weighted by molar-refractivity contribution is -0.122. The fraction of sp³-hybridized carbons (Fsp3) is 0.529. The van der Waals surface area contributed by atoms with Gasteiger partial charge in [0.25, 0.3) is 5.91 Å². The molecule has 23 heavy (non-hydrogen) atoms. The van der Waals surface area contributed by atoms with Gasteiger partial charge in [0, 0.05) is 25.6 Å². The minimum Gasteiger partial charge on any atom is -0.482 e. The van der Waals surface area contributed by atoms with E-state index >= 15 is 0 Å². The van der Waals surface area contributed by atoms with Gasteiger partial charge in [-0.15, -0.1) is 0 Å². The molecule has 0 aromatic heterocycles. The number of carbonyl (C=O) groups excluding carboxylic acids is 2. The Bertz CT molecular complexity index is 590. The Kier molecular flexibility index (Phi) is 4.81. The summed E-state index contributed by atoms with van der Waals surface area (Å²) in [7, 11) is 0. The van der Waals surface area contributed by atoms with E-state index in [0.29, 0.717) is 24.6 Å². The largest absolute Gasteiger partial charge is 0.482 e.